The van der Waals surface area contributed by atoms with E-state index in [1.807, 2.05) is 24.3 Å². The van der Waals surface area contributed by atoms with Crippen LogP contribution in [-0.4, -0.2) is 32.0 Å². The van der Waals surface area contributed by atoms with Crippen molar-refractivity contribution >= 4 is 197 Å². The van der Waals surface area contributed by atoms with Gasteiger partial charge in [0.25, 0.3) is 0 Å². The molecule has 0 aliphatic heterocycles. The fraction of sp³-hybridized carbons (Fsp3) is 0. The highest BCUT2D eigenvalue weighted by Crippen LogP contribution is 2.48. The van der Waals surface area contributed by atoms with E-state index in [4.69, 9.17) is 8.83 Å². The zero-order valence-electron chi connectivity index (χ0n) is 73.1. The number of hydrogen-bond donors (Lipinski definition) is 0. The highest BCUT2D eigenvalue weighted by molar-refractivity contribution is 6.24. The van der Waals surface area contributed by atoms with Gasteiger partial charge in [-0.1, -0.05) is 291 Å². The van der Waals surface area contributed by atoms with Gasteiger partial charge in [0.2, 0.25) is 0 Å². The summed E-state index contributed by atoms with van der Waals surface area (Å²) in [7, 11) is 0. The van der Waals surface area contributed by atoms with Crippen LogP contribution < -0.4 is 0 Å². The number of fused-ring (bicyclic) bond motifs is 27. The molecule has 21 aromatic carbocycles. The molecule has 9 heterocycles. The SMILES string of the molecule is c1ccc(-n2c3ccccc3c3cc4c(cc32)c2cc(-c3cccc5c3oc3ccccc35)ccc2n4-c2ccccc2)cc1.c1ccc(-n2c3ccccc3c3cc4c(cc32)c2cc(-n3c5ccccc5c5ccccc53)ccc2n4-c2ccccc2)cc1.c1ccc(-n2c3ccccc3c3cc4c(cc32)c2ccccc2n4-c2ccc(-c3cccc4c3oc3ccccc34)cc2)cc1. The molecule has 30 rings (SSSR count). The molecule has 9 aromatic heterocycles. The van der Waals surface area contributed by atoms with Crippen molar-refractivity contribution < 1.29 is 8.83 Å². The number of hydrogen-bond acceptors (Lipinski definition) is 2. The minimum absolute atomic E-state index is 0.915. The molecule has 0 atom stereocenters. The van der Waals surface area contributed by atoms with E-state index >= 15 is 0 Å². The third-order valence-corrected chi connectivity index (χ3v) is 28.0. The van der Waals surface area contributed by atoms with Gasteiger partial charge < -0.3 is 40.8 Å². The summed E-state index contributed by atoms with van der Waals surface area (Å²) in [5, 5.41) is 22.0. The molecule has 0 unspecified atom stereocenters. The predicted octanol–water partition coefficient (Wildman–Crippen LogP) is 33.9. The van der Waals surface area contributed by atoms with Gasteiger partial charge in [0.1, 0.15) is 22.3 Å². The van der Waals surface area contributed by atoms with Crippen LogP contribution in [-0.2, 0) is 0 Å². The van der Waals surface area contributed by atoms with E-state index in [2.05, 4.69) is 487 Å². The third-order valence-electron chi connectivity index (χ3n) is 28.0. The molecule has 630 valence electrons. The number of aromatic nitrogens is 7. The van der Waals surface area contributed by atoms with Crippen molar-refractivity contribution in [3.05, 3.63) is 479 Å². The average Bonchev–Trinajstić information content (AvgIpc) is 1.56. The van der Waals surface area contributed by atoms with Gasteiger partial charge in [-0.15, -0.1) is 0 Å². The second-order valence-corrected chi connectivity index (χ2v) is 35.3. The van der Waals surface area contributed by atoms with Gasteiger partial charge in [-0.3, -0.25) is 0 Å². The van der Waals surface area contributed by atoms with Gasteiger partial charge in [-0.25, -0.2) is 0 Å². The van der Waals surface area contributed by atoms with E-state index in [1.54, 1.807) is 0 Å². The minimum Gasteiger partial charge on any atom is -0.455 e. The molecule has 9 nitrogen and oxygen atoms in total. The Bertz CT molecular complexity index is 10000. The minimum atomic E-state index is 0.915. The topological polar surface area (TPSA) is 60.8 Å². The second kappa shape index (κ2) is 30.2. The highest BCUT2D eigenvalue weighted by Gasteiger charge is 2.26. The maximum atomic E-state index is 6.46. The summed E-state index contributed by atoms with van der Waals surface area (Å²) in [6, 6.07) is 172. The first-order chi connectivity index (χ1) is 67.0. The number of rotatable bonds is 9. The lowest BCUT2D eigenvalue weighted by Gasteiger charge is -2.10. The Morgan fingerprint density at radius 1 is 0.119 bits per heavy atom. The second-order valence-electron chi connectivity index (χ2n) is 35.3. The van der Waals surface area contributed by atoms with Gasteiger partial charge in [-0.2, -0.15) is 0 Å². The Hall–Kier alpha value is -18.2. The standard InChI is InChI=1S/C42H27N3.2C42H26N2O/c1-3-13-28(14-4-1)43-39-22-12-9-19-33(39)35-26-42-36(27-41(35)43)34-25-30(23-24-40(34)44(42)29-15-5-2-6-16-29)45-37-20-10-7-17-31(37)32-18-8-11-21-38(32)45;1-3-12-28(13-4-1)43-37-20-9-7-16-31(37)35-25-40-36(26-39(35)43)34-24-27(22-23-38(34)44(40)29-14-5-2-6-15-29)30-18-11-19-33-32-17-8-10-21-41(32)45-42(30)33;1-2-11-28(12-3-1)43-37-18-7-4-13-31(37)35-26-40-36(25-39(35)43)32-14-5-8-19-38(32)44(40)29-23-21-27(22-24-29)30-16-10-17-34-33-15-6-9-20-41(33)45-42(30)34/h1-27H;2*1-26H. The first kappa shape index (κ1) is 75.8. The van der Waals surface area contributed by atoms with Crippen LogP contribution in [0.2, 0.25) is 0 Å². The fourth-order valence-corrected chi connectivity index (χ4v) is 22.2. The first-order valence-corrected chi connectivity index (χ1v) is 46.2. The summed E-state index contributed by atoms with van der Waals surface area (Å²) in [5.74, 6) is 0. The van der Waals surface area contributed by atoms with Crippen molar-refractivity contribution in [1.29, 1.82) is 0 Å². The summed E-state index contributed by atoms with van der Waals surface area (Å²) in [4.78, 5) is 0. The first-order valence-electron chi connectivity index (χ1n) is 46.2. The molecule has 0 fully saturated rings. The molecular formula is C126H79N7O2. The summed E-state index contributed by atoms with van der Waals surface area (Å²) < 4.78 is 29.7. The normalized spacial score (nSPS) is 12.0. The van der Waals surface area contributed by atoms with Gasteiger partial charge in [0.15, 0.2) is 0 Å². The van der Waals surface area contributed by atoms with E-state index in [-0.39, 0.29) is 0 Å². The van der Waals surface area contributed by atoms with Crippen LogP contribution in [0.5, 0.6) is 0 Å². The Kier molecular flexibility index (Phi) is 17.0. The Labute approximate surface area is 773 Å². The molecule has 9 heteroatoms. The molecule has 0 spiro atoms. The highest BCUT2D eigenvalue weighted by atomic mass is 16.3. The van der Waals surface area contributed by atoms with Gasteiger partial charge in [0.05, 0.1) is 77.2 Å². The molecule has 0 saturated carbocycles. The van der Waals surface area contributed by atoms with Gasteiger partial charge in [-0.05, 0) is 199 Å². The zero-order chi connectivity index (χ0) is 88.5. The van der Waals surface area contributed by atoms with Crippen LogP contribution in [0, 0.1) is 0 Å². The lowest BCUT2D eigenvalue weighted by molar-refractivity contribution is 0.669. The lowest BCUT2D eigenvalue weighted by Crippen LogP contribution is -1.95. The molecule has 135 heavy (non-hydrogen) atoms. The molecule has 0 amide bonds. The zero-order valence-corrected chi connectivity index (χ0v) is 73.1. The number of nitrogens with zero attached hydrogens (tertiary/aromatic N) is 7. The Morgan fingerprint density at radius 2 is 0.333 bits per heavy atom. The summed E-state index contributed by atoms with van der Waals surface area (Å²) in [6.45, 7) is 0. The summed E-state index contributed by atoms with van der Waals surface area (Å²) in [5.41, 5.74) is 33.2. The molecule has 0 saturated heterocycles. The van der Waals surface area contributed by atoms with Crippen molar-refractivity contribution in [2.45, 2.75) is 0 Å². The smallest absolute Gasteiger partial charge is 0.143 e. The molecular weight excluding hydrogens is 1640 g/mol. The van der Waals surface area contributed by atoms with Crippen LogP contribution in [0.1, 0.15) is 0 Å². The quantitative estimate of drug-likeness (QED) is 0.145. The van der Waals surface area contributed by atoms with Crippen molar-refractivity contribution in [3.8, 4) is 62.1 Å². The largest absolute Gasteiger partial charge is 0.455 e. The van der Waals surface area contributed by atoms with Crippen LogP contribution >= 0.6 is 0 Å². The Balaban J connectivity index is 0.000000101. The maximum absolute atomic E-state index is 6.46. The lowest BCUT2D eigenvalue weighted by atomic mass is 10.00. The Morgan fingerprint density at radius 3 is 0.667 bits per heavy atom. The van der Waals surface area contributed by atoms with E-state index in [0.29, 0.717) is 0 Å². The van der Waals surface area contributed by atoms with Crippen LogP contribution in [0.4, 0.5) is 0 Å². The fourth-order valence-electron chi connectivity index (χ4n) is 22.2. The molecule has 0 aliphatic carbocycles. The predicted molar refractivity (Wildman–Crippen MR) is 565 cm³/mol. The molecule has 0 radical (unpaired) electrons. The van der Waals surface area contributed by atoms with Gasteiger partial charge in [0, 0.05) is 148 Å². The molecule has 0 N–H and O–H groups in total. The monoisotopic (exact) mass is 1720 g/mol. The summed E-state index contributed by atoms with van der Waals surface area (Å²) >= 11 is 0. The number of para-hydroxylation sites is 15. The number of furan rings is 2. The van der Waals surface area contributed by atoms with Crippen molar-refractivity contribution in [1.82, 2.24) is 32.0 Å². The van der Waals surface area contributed by atoms with Gasteiger partial charge >= 0.3 is 0 Å². The molecule has 30 aromatic rings. The summed E-state index contributed by atoms with van der Waals surface area (Å²) in [6.07, 6.45) is 0. The molecule has 0 aliphatic rings. The maximum Gasteiger partial charge on any atom is 0.143 e. The van der Waals surface area contributed by atoms with Crippen molar-refractivity contribution in [2.24, 2.45) is 0 Å². The van der Waals surface area contributed by atoms with E-state index in [9.17, 15) is 0 Å². The van der Waals surface area contributed by atoms with Crippen LogP contribution in [0.3, 0.4) is 0 Å². The third kappa shape index (κ3) is 11.7. The van der Waals surface area contributed by atoms with E-state index in [0.717, 1.165) is 94.6 Å². The van der Waals surface area contributed by atoms with Crippen LogP contribution in [0.25, 0.3) is 259 Å². The van der Waals surface area contributed by atoms with E-state index in [1.165, 1.54) is 164 Å². The van der Waals surface area contributed by atoms with Crippen molar-refractivity contribution in [2.75, 3.05) is 0 Å². The van der Waals surface area contributed by atoms with Crippen LogP contribution in [0.15, 0.2) is 488 Å². The number of benzene rings is 21. The van der Waals surface area contributed by atoms with E-state index < -0.39 is 0 Å². The average molecular weight is 1720 g/mol. The molecule has 0 bridgehead atoms. The van der Waals surface area contributed by atoms with Crippen molar-refractivity contribution in [3.63, 3.8) is 0 Å².